The molecule has 0 amide bonds. The molecule has 0 aliphatic carbocycles. The topological polar surface area (TPSA) is 57.0 Å². The molecule has 0 saturated carbocycles. The number of hydrogen-bond acceptors (Lipinski definition) is 4. The fourth-order valence-electron chi connectivity index (χ4n) is 1.98. The largest absolute Gasteiger partial charge is 0.457 e. The fourth-order valence-corrected chi connectivity index (χ4v) is 1.98. The molecule has 110 valence electrons. The van der Waals surface area contributed by atoms with Crippen LogP contribution in [0, 0.1) is 20.8 Å². The molecule has 0 spiro atoms. The normalized spacial score (nSPS) is 10.4. The molecule has 0 unspecified atom stereocenters. The van der Waals surface area contributed by atoms with E-state index in [9.17, 15) is 4.79 Å². The molecule has 0 saturated heterocycles. The van der Waals surface area contributed by atoms with Crippen molar-refractivity contribution in [3.8, 4) is 0 Å². The summed E-state index contributed by atoms with van der Waals surface area (Å²) in [5, 5.41) is 7.94. The van der Waals surface area contributed by atoms with Crippen molar-refractivity contribution < 1.29 is 9.53 Å². The van der Waals surface area contributed by atoms with Crippen molar-refractivity contribution in [2.45, 2.75) is 27.3 Å². The van der Waals surface area contributed by atoms with Gasteiger partial charge in [0.15, 0.2) is 5.69 Å². The first kappa shape index (κ1) is 15.0. The quantitative estimate of drug-likeness (QED) is 0.626. The summed E-state index contributed by atoms with van der Waals surface area (Å²) in [4.78, 5) is 11.8. The van der Waals surface area contributed by atoms with Crippen LogP contribution in [-0.2, 0) is 11.3 Å². The van der Waals surface area contributed by atoms with Crippen LogP contribution in [0.25, 0.3) is 0 Å². The molecule has 0 aliphatic rings. The Kier molecular flexibility index (Phi) is 4.52. The SMILES string of the molecule is C=CCOC(=O)c1nnn(Cc2ccc(C)c(C)c2)c1C. The molecule has 21 heavy (non-hydrogen) atoms. The van der Waals surface area contributed by atoms with Crippen LogP contribution in [0.5, 0.6) is 0 Å². The highest BCUT2D eigenvalue weighted by Gasteiger charge is 2.17. The van der Waals surface area contributed by atoms with Gasteiger partial charge < -0.3 is 4.74 Å². The number of aromatic nitrogens is 3. The zero-order chi connectivity index (χ0) is 15.4. The second-order valence-electron chi connectivity index (χ2n) is 4.99. The van der Waals surface area contributed by atoms with Crippen molar-refractivity contribution in [2.75, 3.05) is 6.61 Å². The van der Waals surface area contributed by atoms with E-state index in [-0.39, 0.29) is 12.3 Å². The van der Waals surface area contributed by atoms with Crippen molar-refractivity contribution in [1.82, 2.24) is 15.0 Å². The number of nitrogens with zero attached hydrogens (tertiary/aromatic N) is 3. The third-order valence-corrected chi connectivity index (χ3v) is 3.41. The highest BCUT2D eigenvalue weighted by Crippen LogP contribution is 2.13. The van der Waals surface area contributed by atoms with Gasteiger partial charge in [-0.05, 0) is 37.5 Å². The Balaban J connectivity index is 2.18. The predicted octanol–water partition coefficient (Wildman–Crippen LogP) is 2.59. The van der Waals surface area contributed by atoms with Crippen LogP contribution < -0.4 is 0 Å². The van der Waals surface area contributed by atoms with Gasteiger partial charge in [-0.2, -0.15) is 0 Å². The molecule has 0 fully saturated rings. The summed E-state index contributed by atoms with van der Waals surface area (Å²) in [5.41, 5.74) is 4.55. The number of carbonyl (C=O) groups excluding carboxylic acids is 1. The van der Waals surface area contributed by atoms with E-state index in [1.54, 1.807) is 4.68 Å². The molecule has 0 radical (unpaired) electrons. The average Bonchev–Trinajstić information content (AvgIpc) is 2.82. The van der Waals surface area contributed by atoms with Gasteiger partial charge in [0, 0.05) is 0 Å². The minimum Gasteiger partial charge on any atom is -0.457 e. The van der Waals surface area contributed by atoms with Crippen molar-refractivity contribution in [1.29, 1.82) is 0 Å². The van der Waals surface area contributed by atoms with Gasteiger partial charge in [-0.3, -0.25) is 0 Å². The van der Waals surface area contributed by atoms with Gasteiger partial charge in [0.2, 0.25) is 0 Å². The Morgan fingerprint density at radius 1 is 1.33 bits per heavy atom. The molecule has 2 rings (SSSR count). The molecule has 1 heterocycles. The highest BCUT2D eigenvalue weighted by atomic mass is 16.5. The van der Waals surface area contributed by atoms with Gasteiger partial charge in [0.05, 0.1) is 12.2 Å². The summed E-state index contributed by atoms with van der Waals surface area (Å²) >= 11 is 0. The van der Waals surface area contributed by atoms with Crippen LogP contribution in [0.15, 0.2) is 30.9 Å². The summed E-state index contributed by atoms with van der Waals surface area (Å²) in [6.45, 7) is 10.2. The predicted molar refractivity (Wildman–Crippen MR) is 80.3 cm³/mol. The third kappa shape index (κ3) is 3.37. The Hall–Kier alpha value is -2.43. The Morgan fingerprint density at radius 2 is 2.10 bits per heavy atom. The molecule has 0 N–H and O–H groups in total. The lowest BCUT2D eigenvalue weighted by molar-refractivity contribution is 0.0542. The summed E-state index contributed by atoms with van der Waals surface area (Å²) in [6, 6.07) is 6.25. The number of carbonyl (C=O) groups is 1. The number of rotatable bonds is 5. The molecule has 2 aromatic rings. The minimum absolute atomic E-state index is 0.169. The first-order valence-electron chi connectivity index (χ1n) is 6.77. The molecular weight excluding hydrogens is 266 g/mol. The minimum atomic E-state index is -0.473. The smallest absolute Gasteiger partial charge is 0.361 e. The standard InChI is InChI=1S/C16H19N3O2/c1-5-8-21-16(20)15-13(4)19(18-17-15)10-14-7-6-11(2)12(3)9-14/h5-7,9H,1,8,10H2,2-4H3. The average molecular weight is 285 g/mol. The molecule has 5 nitrogen and oxygen atoms in total. The van der Waals surface area contributed by atoms with E-state index in [4.69, 9.17) is 4.74 Å². The molecule has 0 atom stereocenters. The highest BCUT2D eigenvalue weighted by molar-refractivity contribution is 5.88. The second kappa shape index (κ2) is 6.35. The van der Waals surface area contributed by atoms with E-state index in [0.717, 1.165) is 5.56 Å². The summed E-state index contributed by atoms with van der Waals surface area (Å²) in [6.07, 6.45) is 1.52. The van der Waals surface area contributed by atoms with E-state index in [1.165, 1.54) is 17.2 Å². The van der Waals surface area contributed by atoms with Crippen LogP contribution in [-0.4, -0.2) is 27.6 Å². The van der Waals surface area contributed by atoms with Gasteiger partial charge in [0.25, 0.3) is 0 Å². The van der Waals surface area contributed by atoms with E-state index >= 15 is 0 Å². The summed E-state index contributed by atoms with van der Waals surface area (Å²) in [7, 11) is 0. The van der Waals surface area contributed by atoms with Crippen molar-refractivity contribution >= 4 is 5.97 Å². The molecule has 1 aromatic heterocycles. The van der Waals surface area contributed by atoms with Gasteiger partial charge in [-0.15, -0.1) is 5.10 Å². The van der Waals surface area contributed by atoms with Crippen molar-refractivity contribution in [3.05, 3.63) is 58.9 Å². The maximum absolute atomic E-state index is 11.8. The van der Waals surface area contributed by atoms with Gasteiger partial charge in [0.1, 0.15) is 6.61 Å². The lowest BCUT2D eigenvalue weighted by atomic mass is 10.1. The maximum atomic E-state index is 11.8. The third-order valence-electron chi connectivity index (χ3n) is 3.41. The van der Waals surface area contributed by atoms with Crippen molar-refractivity contribution in [3.63, 3.8) is 0 Å². The van der Waals surface area contributed by atoms with E-state index in [1.807, 2.05) is 6.92 Å². The molecule has 1 aromatic carbocycles. The van der Waals surface area contributed by atoms with Gasteiger partial charge in [-0.1, -0.05) is 36.1 Å². The number of hydrogen-bond donors (Lipinski definition) is 0. The lowest BCUT2D eigenvalue weighted by Gasteiger charge is -2.07. The fraction of sp³-hybridized carbons (Fsp3) is 0.312. The Labute approximate surface area is 124 Å². The van der Waals surface area contributed by atoms with Crippen molar-refractivity contribution in [2.24, 2.45) is 0 Å². The number of aryl methyl sites for hydroxylation is 2. The van der Waals surface area contributed by atoms with E-state index in [2.05, 4.69) is 48.9 Å². The van der Waals surface area contributed by atoms with Crippen LogP contribution in [0.2, 0.25) is 0 Å². The Morgan fingerprint density at radius 3 is 2.76 bits per heavy atom. The van der Waals surface area contributed by atoms with Crippen LogP contribution in [0.4, 0.5) is 0 Å². The molecule has 0 bridgehead atoms. The number of benzene rings is 1. The van der Waals surface area contributed by atoms with Crippen LogP contribution in [0.1, 0.15) is 32.9 Å². The number of ether oxygens (including phenoxy) is 1. The van der Waals surface area contributed by atoms with Crippen LogP contribution in [0.3, 0.4) is 0 Å². The van der Waals surface area contributed by atoms with Gasteiger partial charge >= 0.3 is 5.97 Å². The Bertz CT molecular complexity index is 674. The summed E-state index contributed by atoms with van der Waals surface area (Å²) < 4.78 is 6.69. The molecule has 5 heteroatoms. The number of esters is 1. The molecule has 0 aliphatic heterocycles. The molecular formula is C16H19N3O2. The zero-order valence-corrected chi connectivity index (χ0v) is 12.6. The van der Waals surface area contributed by atoms with E-state index in [0.29, 0.717) is 12.2 Å². The zero-order valence-electron chi connectivity index (χ0n) is 12.6. The second-order valence-corrected chi connectivity index (χ2v) is 4.99. The maximum Gasteiger partial charge on any atom is 0.361 e. The summed E-state index contributed by atoms with van der Waals surface area (Å²) in [5.74, 6) is -0.473. The lowest BCUT2D eigenvalue weighted by Crippen LogP contribution is -2.09. The van der Waals surface area contributed by atoms with Crippen LogP contribution >= 0.6 is 0 Å². The van der Waals surface area contributed by atoms with Gasteiger partial charge in [-0.25, -0.2) is 9.48 Å². The first-order valence-corrected chi connectivity index (χ1v) is 6.77. The first-order chi connectivity index (χ1) is 10.0. The van der Waals surface area contributed by atoms with E-state index < -0.39 is 5.97 Å². The monoisotopic (exact) mass is 285 g/mol.